The Labute approximate surface area is 94.3 Å². The van der Waals surface area contributed by atoms with Crippen LogP contribution in [0.3, 0.4) is 0 Å². The Morgan fingerprint density at radius 1 is 1.12 bits per heavy atom. The summed E-state index contributed by atoms with van der Waals surface area (Å²) in [6.07, 6.45) is 0. The molecule has 3 heteroatoms. The number of aryl methyl sites for hydroxylation is 1. The molecule has 0 aliphatic rings. The van der Waals surface area contributed by atoms with E-state index in [2.05, 4.69) is 0 Å². The quantitative estimate of drug-likeness (QED) is 0.569. The number of para-hydroxylation sites is 1. The molecule has 0 aliphatic carbocycles. The lowest BCUT2D eigenvalue weighted by molar-refractivity contribution is 0.0724. The molecule has 0 spiro atoms. The van der Waals surface area contributed by atoms with E-state index in [9.17, 15) is 4.79 Å². The maximum Gasteiger partial charge on any atom is 0.360 e. The number of ether oxygens (including phenoxy) is 1. The summed E-state index contributed by atoms with van der Waals surface area (Å²) in [5.74, 6) is 0.230. The molecule has 16 heavy (non-hydrogen) atoms. The van der Waals surface area contributed by atoms with E-state index < -0.39 is 0 Å². The van der Waals surface area contributed by atoms with Gasteiger partial charge in [0.2, 0.25) is 0 Å². The van der Waals surface area contributed by atoms with Gasteiger partial charge < -0.3 is 9.30 Å². The third kappa shape index (κ3) is 1.98. The number of esters is 1. The van der Waals surface area contributed by atoms with Crippen LogP contribution in [0, 0.1) is 6.92 Å². The lowest BCUT2D eigenvalue weighted by Crippen LogP contribution is -2.13. The standard InChI is InChI=1S/C13H13NO2/c1-10-8-9-12(14(10)2)13(15)16-11-6-4-3-5-7-11/h3-9H,1-2H3. The minimum atomic E-state index is -0.332. The van der Waals surface area contributed by atoms with Crippen molar-refractivity contribution in [3.63, 3.8) is 0 Å². The normalized spacial score (nSPS) is 10.1. The highest BCUT2D eigenvalue weighted by atomic mass is 16.5. The maximum atomic E-state index is 11.8. The molecule has 1 aromatic heterocycles. The molecule has 0 fully saturated rings. The van der Waals surface area contributed by atoms with E-state index in [0.717, 1.165) is 5.69 Å². The first-order chi connectivity index (χ1) is 7.68. The molecule has 0 saturated carbocycles. The monoisotopic (exact) mass is 215 g/mol. The predicted molar refractivity (Wildman–Crippen MR) is 61.6 cm³/mol. The van der Waals surface area contributed by atoms with Crippen molar-refractivity contribution in [3.05, 3.63) is 53.9 Å². The van der Waals surface area contributed by atoms with Crippen LogP contribution in [0.25, 0.3) is 0 Å². The molecule has 0 saturated heterocycles. The molecule has 0 bridgehead atoms. The number of rotatable bonds is 2. The lowest BCUT2D eigenvalue weighted by atomic mass is 10.3. The van der Waals surface area contributed by atoms with Gasteiger partial charge >= 0.3 is 5.97 Å². The number of hydrogen-bond donors (Lipinski definition) is 0. The fraction of sp³-hybridized carbons (Fsp3) is 0.154. The Balaban J connectivity index is 2.18. The molecule has 0 unspecified atom stereocenters. The van der Waals surface area contributed by atoms with Gasteiger partial charge in [-0.2, -0.15) is 0 Å². The summed E-state index contributed by atoms with van der Waals surface area (Å²) in [7, 11) is 1.84. The highest BCUT2D eigenvalue weighted by Crippen LogP contribution is 2.13. The molecule has 0 amide bonds. The zero-order chi connectivity index (χ0) is 11.5. The summed E-state index contributed by atoms with van der Waals surface area (Å²) in [6, 6.07) is 12.7. The van der Waals surface area contributed by atoms with Crippen molar-refractivity contribution in [1.29, 1.82) is 0 Å². The first kappa shape index (κ1) is 10.5. The first-order valence-electron chi connectivity index (χ1n) is 5.08. The summed E-state index contributed by atoms with van der Waals surface area (Å²) < 4.78 is 7.05. The van der Waals surface area contributed by atoms with Crippen molar-refractivity contribution >= 4 is 5.97 Å². The van der Waals surface area contributed by atoms with Crippen LogP contribution in [0.4, 0.5) is 0 Å². The van der Waals surface area contributed by atoms with Crippen LogP contribution in [0.5, 0.6) is 5.75 Å². The average molecular weight is 215 g/mol. The van der Waals surface area contributed by atoms with Crippen molar-refractivity contribution in [1.82, 2.24) is 4.57 Å². The Bertz CT molecular complexity index is 500. The Morgan fingerprint density at radius 3 is 2.38 bits per heavy atom. The minimum Gasteiger partial charge on any atom is -0.422 e. The Kier molecular flexibility index (Phi) is 2.77. The van der Waals surface area contributed by atoms with Gasteiger partial charge in [-0.05, 0) is 31.2 Å². The highest BCUT2D eigenvalue weighted by Gasteiger charge is 2.12. The molecule has 1 aromatic carbocycles. The molecule has 2 rings (SSSR count). The van der Waals surface area contributed by atoms with Crippen LogP contribution < -0.4 is 4.74 Å². The highest BCUT2D eigenvalue weighted by molar-refractivity contribution is 5.89. The summed E-state index contributed by atoms with van der Waals surface area (Å²) >= 11 is 0. The minimum absolute atomic E-state index is 0.332. The van der Waals surface area contributed by atoms with Crippen molar-refractivity contribution in [2.45, 2.75) is 6.92 Å². The number of carbonyl (C=O) groups excluding carboxylic acids is 1. The van der Waals surface area contributed by atoms with Gasteiger partial charge in [0.15, 0.2) is 0 Å². The van der Waals surface area contributed by atoms with Gasteiger partial charge in [-0.25, -0.2) is 4.79 Å². The molecule has 1 heterocycles. The molecular weight excluding hydrogens is 202 g/mol. The summed E-state index contributed by atoms with van der Waals surface area (Å²) in [6.45, 7) is 1.94. The Hall–Kier alpha value is -2.03. The number of benzene rings is 1. The number of carbonyl (C=O) groups is 1. The van der Waals surface area contributed by atoms with Crippen molar-refractivity contribution in [2.75, 3.05) is 0 Å². The van der Waals surface area contributed by atoms with Crippen LogP contribution in [-0.2, 0) is 7.05 Å². The first-order valence-corrected chi connectivity index (χ1v) is 5.08. The van der Waals surface area contributed by atoms with E-state index in [1.807, 2.05) is 42.8 Å². The molecule has 0 aliphatic heterocycles. The van der Waals surface area contributed by atoms with Crippen LogP contribution >= 0.6 is 0 Å². The molecule has 0 atom stereocenters. The molecule has 0 N–H and O–H groups in total. The van der Waals surface area contributed by atoms with Gasteiger partial charge in [0, 0.05) is 12.7 Å². The number of aromatic nitrogens is 1. The largest absolute Gasteiger partial charge is 0.422 e. The van der Waals surface area contributed by atoms with Gasteiger partial charge in [0.05, 0.1) is 0 Å². The predicted octanol–water partition coefficient (Wildman–Crippen LogP) is 2.55. The lowest BCUT2D eigenvalue weighted by Gasteiger charge is -2.05. The van der Waals surface area contributed by atoms with Crippen molar-refractivity contribution in [3.8, 4) is 5.75 Å². The second-order valence-electron chi connectivity index (χ2n) is 3.62. The summed E-state index contributed by atoms with van der Waals surface area (Å²) in [5, 5.41) is 0. The smallest absolute Gasteiger partial charge is 0.360 e. The third-order valence-electron chi connectivity index (χ3n) is 2.54. The van der Waals surface area contributed by atoms with Gasteiger partial charge in [-0.15, -0.1) is 0 Å². The number of nitrogens with zero attached hydrogens (tertiary/aromatic N) is 1. The van der Waals surface area contributed by atoms with E-state index in [1.54, 1.807) is 18.2 Å². The van der Waals surface area contributed by atoms with Crippen LogP contribution in [0.15, 0.2) is 42.5 Å². The van der Waals surface area contributed by atoms with Crippen LogP contribution in [0.2, 0.25) is 0 Å². The van der Waals surface area contributed by atoms with Gasteiger partial charge in [0.1, 0.15) is 11.4 Å². The summed E-state index contributed by atoms with van der Waals surface area (Å²) in [4.78, 5) is 11.8. The fourth-order valence-electron chi connectivity index (χ4n) is 1.47. The van der Waals surface area contributed by atoms with Crippen LogP contribution in [-0.4, -0.2) is 10.5 Å². The molecule has 82 valence electrons. The Morgan fingerprint density at radius 2 is 1.81 bits per heavy atom. The van der Waals surface area contributed by atoms with E-state index in [4.69, 9.17) is 4.74 Å². The van der Waals surface area contributed by atoms with E-state index in [-0.39, 0.29) is 5.97 Å². The van der Waals surface area contributed by atoms with E-state index >= 15 is 0 Å². The molecule has 3 nitrogen and oxygen atoms in total. The van der Waals surface area contributed by atoms with Gasteiger partial charge in [-0.1, -0.05) is 18.2 Å². The fourth-order valence-corrected chi connectivity index (χ4v) is 1.47. The second kappa shape index (κ2) is 4.23. The SMILES string of the molecule is Cc1ccc(C(=O)Oc2ccccc2)n1C. The maximum absolute atomic E-state index is 11.8. The van der Waals surface area contributed by atoms with Gasteiger partial charge in [0.25, 0.3) is 0 Å². The molecular formula is C13H13NO2. The van der Waals surface area contributed by atoms with Gasteiger partial charge in [-0.3, -0.25) is 0 Å². The zero-order valence-corrected chi connectivity index (χ0v) is 9.31. The van der Waals surface area contributed by atoms with Crippen molar-refractivity contribution in [2.24, 2.45) is 7.05 Å². The average Bonchev–Trinajstić information content (AvgIpc) is 2.61. The zero-order valence-electron chi connectivity index (χ0n) is 9.31. The molecule has 2 aromatic rings. The second-order valence-corrected chi connectivity index (χ2v) is 3.62. The summed E-state index contributed by atoms with van der Waals surface area (Å²) in [5.41, 5.74) is 1.58. The number of hydrogen-bond acceptors (Lipinski definition) is 2. The third-order valence-corrected chi connectivity index (χ3v) is 2.54. The van der Waals surface area contributed by atoms with E-state index in [0.29, 0.717) is 11.4 Å². The van der Waals surface area contributed by atoms with Crippen LogP contribution in [0.1, 0.15) is 16.2 Å². The topological polar surface area (TPSA) is 31.2 Å². The molecule has 0 radical (unpaired) electrons. The van der Waals surface area contributed by atoms with Crippen molar-refractivity contribution < 1.29 is 9.53 Å². The van der Waals surface area contributed by atoms with E-state index in [1.165, 1.54) is 0 Å².